The predicted octanol–water partition coefficient (Wildman–Crippen LogP) is 1.51. The fourth-order valence-electron chi connectivity index (χ4n) is 1.20. The van der Waals surface area contributed by atoms with Crippen LogP contribution in [0.5, 0.6) is 5.75 Å². The van der Waals surface area contributed by atoms with E-state index in [2.05, 4.69) is 0 Å². The van der Waals surface area contributed by atoms with Crippen molar-refractivity contribution in [3.05, 3.63) is 23.8 Å². The zero-order valence-electron chi connectivity index (χ0n) is 9.93. The molecule has 17 heavy (non-hydrogen) atoms. The molecule has 0 aromatic heterocycles. The van der Waals surface area contributed by atoms with Gasteiger partial charge in [-0.2, -0.15) is 0 Å². The van der Waals surface area contributed by atoms with Crippen LogP contribution in [0.1, 0.15) is 30.6 Å². The number of nitrogen functional groups attached to an aromatic ring is 1. The Hall–Kier alpha value is -1.75. The van der Waals surface area contributed by atoms with E-state index < -0.39 is 11.6 Å². The number of benzene rings is 1. The fraction of sp³-hybridized carbons (Fsp3) is 0.417. The Kier molecular flexibility index (Phi) is 3.96. The largest absolute Gasteiger partial charge is 0.491 e. The molecule has 0 saturated heterocycles. The van der Waals surface area contributed by atoms with Gasteiger partial charge in [0.05, 0.1) is 23.5 Å². The number of nitrogens with two attached hydrogens (primary N) is 1. The van der Waals surface area contributed by atoms with E-state index in [1.165, 1.54) is 18.2 Å². The van der Waals surface area contributed by atoms with E-state index in [0.29, 0.717) is 17.9 Å². The summed E-state index contributed by atoms with van der Waals surface area (Å²) in [5, 5.41) is 18.3. The third-order valence-electron chi connectivity index (χ3n) is 2.23. The van der Waals surface area contributed by atoms with Crippen molar-refractivity contribution in [2.45, 2.75) is 25.9 Å². The van der Waals surface area contributed by atoms with E-state index in [-0.39, 0.29) is 12.2 Å². The molecular formula is C12H17NO4. The molecule has 0 aliphatic rings. The van der Waals surface area contributed by atoms with Crippen LogP contribution in [0.25, 0.3) is 0 Å². The molecule has 5 nitrogen and oxygen atoms in total. The molecule has 0 radical (unpaired) electrons. The lowest BCUT2D eigenvalue weighted by atomic mass is 10.1. The van der Waals surface area contributed by atoms with Gasteiger partial charge in [0, 0.05) is 6.42 Å². The molecule has 0 atom stereocenters. The number of aliphatic hydroxyl groups is 1. The summed E-state index contributed by atoms with van der Waals surface area (Å²) in [7, 11) is 0. The van der Waals surface area contributed by atoms with E-state index in [1.807, 2.05) is 0 Å². The van der Waals surface area contributed by atoms with E-state index in [9.17, 15) is 9.90 Å². The Morgan fingerprint density at radius 2 is 2.12 bits per heavy atom. The van der Waals surface area contributed by atoms with Gasteiger partial charge in [0.1, 0.15) is 5.75 Å². The maximum Gasteiger partial charge on any atom is 0.335 e. The smallest absolute Gasteiger partial charge is 0.335 e. The van der Waals surface area contributed by atoms with Gasteiger partial charge in [-0.05, 0) is 32.0 Å². The van der Waals surface area contributed by atoms with E-state index in [1.54, 1.807) is 13.8 Å². The molecule has 4 N–H and O–H groups in total. The number of carboxylic acids is 1. The number of carboxylic acid groups (broad SMARTS) is 1. The van der Waals surface area contributed by atoms with Crippen LogP contribution >= 0.6 is 0 Å². The van der Waals surface area contributed by atoms with Crippen LogP contribution in [0.2, 0.25) is 0 Å². The standard InChI is InChI=1S/C12H17NO4/c1-12(2,16)5-6-17-10-7-8(11(14)15)3-4-9(10)13/h3-4,7,16H,5-6,13H2,1-2H3,(H,14,15). The third kappa shape index (κ3) is 4.32. The second kappa shape index (κ2) is 5.05. The molecule has 0 aliphatic heterocycles. The van der Waals surface area contributed by atoms with Crippen LogP contribution in [0.4, 0.5) is 5.69 Å². The van der Waals surface area contributed by atoms with Crippen molar-refractivity contribution in [2.75, 3.05) is 12.3 Å². The molecule has 0 fully saturated rings. The summed E-state index contributed by atoms with van der Waals surface area (Å²) in [5.41, 5.74) is 5.34. The molecule has 0 saturated carbocycles. The molecule has 0 aliphatic carbocycles. The lowest BCUT2D eigenvalue weighted by molar-refractivity contribution is 0.0552. The molecule has 1 aromatic rings. The number of aromatic carboxylic acids is 1. The van der Waals surface area contributed by atoms with Gasteiger partial charge < -0.3 is 20.7 Å². The Labute approximate surface area is 99.8 Å². The van der Waals surface area contributed by atoms with Crippen molar-refractivity contribution in [1.82, 2.24) is 0 Å². The SMILES string of the molecule is CC(C)(O)CCOc1cc(C(=O)O)ccc1N. The number of rotatable bonds is 5. The van der Waals surface area contributed by atoms with Crippen molar-refractivity contribution in [3.63, 3.8) is 0 Å². The number of hydrogen-bond acceptors (Lipinski definition) is 4. The fourth-order valence-corrected chi connectivity index (χ4v) is 1.20. The third-order valence-corrected chi connectivity index (χ3v) is 2.23. The molecule has 5 heteroatoms. The lowest BCUT2D eigenvalue weighted by Crippen LogP contribution is -2.22. The highest BCUT2D eigenvalue weighted by molar-refractivity contribution is 5.89. The highest BCUT2D eigenvalue weighted by Crippen LogP contribution is 2.23. The minimum Gasteiger partial charge on any atom is -0.491 e. The van der Waals surface area contributed by atoms with Crippen LogP contribution < -0.4 is 10.5 Å². The normalized spacial score (nSPS) is 11.2. The van der Waals surface area contributed by atoms with Crippen LogP contribution in [0, 0.1) is 0 Å². The highest BCUT2D eigenvalue weighted by Gasteiger charge is 2.13. The summed E-state index contributed by atoms with van der Waals surface area (Å²) in [4.78, 5) is 10.8. The molecule has 1 aromatic carbocycles. The summed E-state index contributed by atoms with van der Waals surface area (Å²) in [6.07, 6.45) is 0.434. The number of carbonyl (C=O) groups is 1. The average Bonchev–Trinajstić information content (AvgIpc) is 2.18. The minimum atomic E-state index is -1.03. The van der Waals surface area contributed by atoms with Gasteiger partial charge in [0.25, 0.3) is 0 Å². The number of hydrogen-bond donors (Lipinski definition) is 3. The molecule has 1 rings (SSSR count). The minimum absolute atomic E-state index is 0.123. The lowest BCUT2D eigenvalue weighted by Gasteiger charge is -2.17. The van der Waals surface area contributed by atoms with Gasteiger partial charge in [-0.1, -0.05) is 0 Å². The number of ether oxygens (including phenoxy) is 1. The van der Waals surface area contributed by atoms with Gasteiger partial charge in [-0.3, -0.25) is 0 Å². The van der Waals surface area contributed by atoms with Crippen LogP contribution in [0.15, 0.2) is 18.2 Å². The van der Waals surface area contributed by atoms with Crippen LogP contribution in [-0.2, 0) is 0 Å². The second-order valence-corrected chi connectivity index (χ2v) is 4.47. The van der Waals surface area contributed by atoms with Gasteiger partial charge in [-0.15, -0.1) is 0 Å². The Balaban J connectivity index is 2.70. The number of anilines is 1. The molecule has 0 amide bonds. The van der Waals surface area contributed by atoms with Gasteiger partial charge in [-0.25, -0.2) is 4.79 Å². The van der Waals surface area contributed by atoms with E-state index >= 15 is 0 Å². The molecule has 0 unspecified atom stereocenters. The van der Waals surface area contributed by atoms with Gasteiger partial charge in [0.2, 0.25) is 0 Å². The van der Waals surface area contributed by atoms with Crippen molar-refractivity contribution in [3.8, 4) is 5.75 Å². The predicted molar refractivity (Wildman–Crippen MR) is 64.2 cm³/mol. The maximum atomic E-state index is 10.8. The zero-order valence-corrected chi connectivity index (χ0v) is 9.93. The van der Waals surface area contributed by atoms with Gasteiger partial charge in [0.15, 0.2) is 0 Å². The first-order valence-electron chi connectivity index (χ1n) is 5.27. The Bertz CT molecular complexity index is 409. The molecule has 0 bridgehead atoms. The first-order valence-corrected chi connectivity index (χ1v) is 5.27. The Morgan fingerprint density at radius 3 is 2.65 bits per heavy atom. The molecular weight excluding hydrogens is 222 g/mol. The summed E-state index contributed by atoms with van der Waals surface area (Å²) in [5.74, 6) is -0.702. The summed E-state index contributed by atoms with van der Waals surface area (Å²) in [6.45, 7) is 3.62. The Morgan fingerprint density at radius 1 is 1.47 bits per heavy atom. The second-order valence-electron chi connectivity index (χ2n) is 4.47. The summed E-state index contributed by atoms with van der Waals surface area (Å²) >= 11 is 0. The van der Waals surface area contributed by atoms with Gasteiger partial charge >= 0.3 is 5.97 Å². The summed E-state index contributed by atoms with van der Waals surface area (Å²) in [6, 6.07) is 4.28. The van der Waals surface area contributed by atoms with Crippen molar-refractivity contribution >= 4 is 11.7 Å². The van der Waals surface area contributed by atoms with Crippen molar-refractivity contribution in [1.29, 1.82) is 0 Å². The average molecular weight is 239 g/mol. The van der Waals surface area contributed by atoms with E-state index in [4.69, 9.17) is 15.6 Å². The van der Waals surface area contributed by atoms with E-state index in [0.717, 1.165) is 0 Å². The quantitative estimate of drug-likeness (QED) is 0.677. The summed E-state index contributed by atoms with van der Waals surface area (Å²) < 4.78 is 5.36. The maximum absolute atomic E-state index is 10.8. The highest BCUT2D eigenvalue weighted by atomic mass is 16.5. The monoisotopic (exact) mass is 239 g/mol. The first kappa shape index (κ1) is 13.3. The van der Waals surface area contributed by atoms with Crippen molar-refractivity contribution < 1.29 is 19.7 Å². The van der Waals surface area contributed by atoms with Crippen molar-refractivity contribution in [2.24, 2.45) is 0 Å². The topological polar surface area (TPSA) is 92.8 Å². The molecule has 0 spiro atoms. The molecule has 94 valence electrons. The van der Waals surface area contributed by atoms with Crippen LogP contribution in [0.3, 0.4) is 0 Å². The molecule has 0 heterocycles. The zero-order chi connectivity index (χ0) is 13.1. The first-order chi connectivity index (χ1) is 7.79. The van der Waals surface area contributed by atoms with Crippen LogP contribution in [-0.4, -0.2) is 28.4 Å².